The van der Waals surface area contributed by atoms with Gasteiger partial charge in [0.25, 0.3) is 0 Å². The van der Waals surface area contributed by atoms with Gasteiger partial charge in [-0.05, 0) is 62.6 Å². The Morgan fingerprint density at radius 1 is 1.12 bits per heavy atom. The van der Waals surface area contributed by atoms with Crippen LogP contribution in [0.15, 0.2) is 47.4 Å². The van der Waals surface area contributed by atoms with Gasteiger partial charge in [-0.2, -0.15) is 4.31 Å². The Labute approximate surface area is 205 Å². The molecule has 1 saturated heterocycles. The van der Waals surface area contributed by atoms with Crippen molar-refractivity contribution in [1.82, 2.24) is 4.31 Å². The molecule has 0 spiro atoms. The quantitative estimate of drug-likeness (QED) is 0.516. The zero-order valence-electron chi connectivity index (χ0n) is 19.3. The number of anilines is 1. The minimum Gasteiger partial charge on any atom is -0.492 e. The minimum atomic E-state index is -3.90. The van der Waals surface area contributed by atoms with Gasteiger partial charge in [-0.3, -0.25) is 9.59 Å². The highest BCUT2D eigenvalue weighted by Gasteiger charge is 2.35. The molecule has 0 aliphatic carbocycles. The number of hydrogen-bond acceptors (Lipinski definition) is 6. The van der Waals surface area contributed by atoms with Crippen LogP contribution >= 0.6 is 11.6 Å². The van der Waals surface area contributed by atoms with Crippen molar-refractivity contribution in [1.29, 1.82) is 0 Å². The zero-order valence-corrected chi connectivity index (χ0v) is 20.8. The summed E-state index contributed by atoms with van der Waals surface area (Å²) in [5.74, 6) is -0.831. The maximum absolute atomic E-state index is 13.4. The van der Waals surface area contributed by atoms with Crippen LogP contribution in [0.25, 0.3) is 0 Å². The van der Waals surface area contributed by atoms with E-state index in [1.54, 1.807) is 50.2 Å². The summed E-state index contributed by atoms with van der Waals surface area (Å²) < 4.78 is 38.5. The lowest BCUT2D eigenvalue weighted by Gasteiger charge is -2.31. The maximum Gasteiger partial charge on any atom is 0.310 e. The highest BCUT2D eigenvalue weighted by molar-refractivity contribution is 7.89. The summed E-state index contributed by atoms with van der Waals surface area (Å²) >= 11 is 6.06. The number of sulfonamides is 1. The van der Waals surface area contributed by atoms with Crippen molar-refractivity contribution >= 4 is 39.2 Å². The molecule has 0 unspecified atom stereocenters. The first-order valence-electron chi connectivity index (χ1n) is 11.2. The molecule has 34 heavy (non-hydrogen) atoms. The maximum atomic E-state index is 13.4. The molecule has 1 atom stereocenters. The highest BCUT2D eigenvalue weighted by Crippen LogP contribution is 2.32. The molecule has 10 heteroatoms. The smallest absolute Gasteiger partial charge is 0.310 e. The van der Waals surface area contributed by atoms with Crippen LogP contribution in [0, 0.1) is 5.92 Å². The largest absolute Gasteiger partial charge is 0.492 e. The molecule has 0 bridgehead atoms. The monoisotopic (exact) mass is 508 g/mol. The molecule has 184 valence electrons. The minimum absolute atomic E-state index is 0.0000895. The van der Waals surface area contributed by atoms with E-state index in [9.17, 15) is 18.0 Å². The second-order valence-corrected chi connectivity index (χ2v) is 10.2. The molecule has 3 rings (SSSR count). The average Bonchev–Trinajstić information content (AvgIpc) is 2.82. The average molecular weight is 509 g/mol. The van der Waals surface area contributed by atoms with Crippen molar-refractivity contribution in [3.05, 3.63) is 53.1 Å². The molecule has 8 nitrogen and oxygen atoms in total. The van der Waals surface area contributed by atoms with E-state index < -0.39 is 15.9 Å². The Morgan fingerprint density at radius 2 is 1.85 bits per heavy atom. The Bertz CT molecular complexity index is 1120. The fourth-order valence-electron chi connectivity index (χ4n) is 3.80. The van der Waals surface area contributed by atoms with Gasteiger partial charge in [0, 0.05) is 23.8 Å². The number of nitrogens with one attached hydrogen (secondary N) is 1. The van der Waals surface area contributed by atoms with E-state index >= 15 is 0 Å². The van der Waals surface area contributed by atoms with Gasteiger partial charge in [0.1, 0.15) is 10.6 Å². The molecule has 2 aromatic rings. The van der Waals surface area contributed by atoms with Crippen molar-refractivity contribution in [2.75, 3.05) is 31.6 Å². The van der Waals surface area contributed by atoms with Crippen molar-refractivity contribution in [2.45, 2.75) is 38.0 Å². The summed E-state index contributed by atoms with van der Waals surface area (Å²) in [7, 11) is -3.90. The number of ether oxygens (including phenoxy) is 2. The van der Waals surface area contributed by atoms with Gasteiger partial charge < -0.3 is 14.8 Å². The number of amides is 1. The summed E-state index contributed by atoms with van der Waals surface area (Å²) in [5.41, 5.74) is 1.35. The first-order valence-corrected chi connectivity index (χ1v) is 13.0. The van der Waals surface area contributed by atoms with Crippen LogP contribution in [-0.4, -0.2) is 50.9 Å². The molecule has 0 radical (unpaired) electrons. The second kappa shape index (κ2) is 11.7. The van der Waals surface area contributed by atoms with Crippen LogP contribution < -0.4 is 10.1 Å². The summed E-state index contributed by atoms with van der Waals surface area (Å²) in [4.78, 5) is 24.5. The lowest BCUT2D eigenvalue weighted by atomic mass is 9.98. The normalized spacial score (nSPS) is 16.6. The van der Waals surface area contributed by atoms with Crippen molar-refractivity contribution in [2.24, 2.45) is 5.92 Å². The zero-order chi connectivity index (χ0) is 24.7. The number of carbonyl (C=O) groups is 2. The Morgan fingerprint density at radius 3 is 2.53 bits per heavy atom. The van der Waals surface area contributed by atoms with Crippen LogP contribution in [0.1, 0.15) is 32.3 Å². The summed E-state index contributed by atoms with van der Waals surface area (Å²) in [5, 5.41) is 3.14. The van der Waals surface area contributed by atoms with E-state index in [2.05, 4.69) is 5.32 Å². The molecule has 0 saturated carbocycles. The van der Waals surface area contributed by atoms with Gasteiger partial charge >= 0.3 is 5.97 Å². The Balaban J connectivity index is 1.68. The Kier molecular flexibility index (Phi) is 8.93. The van der Waals surface area contributed by atoms with E-state index in [1.807, 2.05) is 0 Å². The van der Waals surface area contributed by atoms with Crippen LogP contribution in [0.4, 0.5) is 5.69 Å². The van der Waals surface area contributed by atoms with Crippen LogP contribution in [0.2, 0.25) is 5.02 Å². The summed E-state index contributed by atoms with van der Waals surface area (Å²) in [6, 6.07) is 11.4. The topological polar surface area (TPSA) is 102 Å². The van der Waals surface area contributed by atoms with E-state index in [-0.39, 0.29) is 35.5 Å². The summed E-state index contributed by atoms with van der Waals surface area (Å²) in [6.45, 7) is 4.54. The van der Waals surface area contributed by atoms with E-state index in [1.165, 1.54) is 10.4 Å². The fraction of sp³-hybridized carbons (Fsp3) is 0.417. The molecule has 1 N–H and O–H groups in total. The number of carbonyl (C=O) groups excluding carboxylic acids is 2. The second-order valence-electron chi connectivity index (χ2n) is 7.89. The number of nitrogens with zero attached hydrogens (tertiary/aromatic N) is 1. The lowest BCUT2D eigenvalue weighted by Crippen LogP contribution is -2.43. The standard InChI is InChI=1S/C24H29ClN2O6S/c1-3-32-21-12-9-19(25)15-22(21)34(30,31)27-13-5-6-18(16-27)24(29)26-20-10-7-17(8-11-20)14-23(28)33-4-2/h7-12,15,18H,3-6,13-14,16H2,1-2H3,(H,26,29)/t18-/m1/s1. The van der Waals surface area contributed by atoms with Crippen molar-refractivity contribution < 1.29 is 27.5 Å². The molecule has 1 aliphatic heterocycles. The van der Waals surface area contributed by atoms with E-state index in [0.717, 1.165) is 5.56 Å². The van der Waals surface area contributed by atoms with Gasteiger partial charge in [0.05, 0.1) is 25.6 Å². The fourth-order valence-corrected chi connectivity index (χ4v) is 5.72. The van der Waals surface area contributed by atoms with Crippen LogP contribution in [0.5, 0.6) is 5.75 Å². The van der Waals surface area contributed by atoms with Gasteiger partial charge in [0.15, 0.2) is 0 Å². The van der Waals surface area contributed by atoms with Crippen molar-refractivity contribution in [3.8, 4) is 5.75 Å². The molecule has 2 aromatic carbocycles. The first kappa shape index (κ1) is 26.0. The molecular formula is C24H29ClN2O6S. The van der Waals surface area contributed by atoms with Gasteiger partial charge in [-0.15, -0.1) is 0 Å². The summed E-state index contributed by atoms with van der Waals surface area (Å²) in [6.07, 6.45) is 1.29. The molecule has 1 aliphatic rings. The van der Waals surface area contributed by atoms with Crippen LogP contribution in [0.3, 0.4) is 0 Å². The Hall–Kier alpha value is -2.62. The lowest BCUT2D eigenvalue weighted by molar-refractivity contribution is -0.142. The van der Waals surface area contributed by atoms with Crippen molar-refractivity contribution in [3.63, 3.8) is 0 Å². The number of piperidine rings is 1. The SMILES string of the molecule is CCOC(=O)Cc1ccc(NC(=O)[C@@H]2CCCN(S(=O)(=O)c3cc(Cl)ccc3OCC)C2)cc1. The third kappa shape index (κ3) is 6.49. The predicted octanol–water partition coefficient (Wildman–Crippen LogP) is 3.88. The number of halogens is 1. The number of rotatable bonds is 9. The molecule has 1 amide bonds. The molecule has 0 aromatic heterocycles. The third-order valence-electron chi connectivity index (χ3n) is 5.45. The third-order valence-corrected chi connectivity index (χ3v) is 7.58. The van der Waals surface area contributed by atoms with Gasteiger partial charge in [-0.1, -0.05) is 23.7 Å². The van der Waals surface area contributed by atoms with Gasteiger partial charge in [0.2, 0.25) is 15.9 Å². The number of esters is 1. The number of hydrogen-bond donors (Lipinski definition) is 1. The highest BCUT2D eigenvalue weighted by atomic mass is 35.5. The molecule has 1 fully saturated rings. The molecule has 1 heterocycles. The molecular weight excluding hydrogens is 480 g/mol. The first-order chi connectivity index (χ1) is 16.2. The van der Waals surface area contributed by atoms with Gasteiger partial charge in [-0.25, -0.2) is 8.42 Å². The van der Waals surface area contributed by atoms with Crippen LogP contribution in [-0.2, 0) is 30.8 Å². The number of benzene rings is 2. The van der Waals surface area contributed by atoms with E-state index in [4.69, 9.17) is 21.1 Å². The predicted molar refractivity (Wildman–Crippen MR) is 130 cm³/mol. The van der Waals surface area contributed by atoms with E-state index in [0.29, 0.717) is 43.3 Å².